The number of aromatic amines is 1. The molecule has 0 fully saturated rings. The Morgan fingerprint density at radius 1 is 1.41 bits per heavy atom. The highest BCUT2D eigenvalue weighted by atomic mass is 19.1. The second kappa shape index (κ2) is 5.54. The third kappa shape index (κ3) is 3.10. The van der Waals surface area contributed by atoms with Gasteiger partial charge in [-0.3, -0.25) is 4.98 Å². The first-order chi connectivity index (χ1) is 8.29. The van der Waals surface area contributed by atoms with Crippen molar-refractivity contribution in [3.63, 3.8) is 0 Å². The van der Waals surface area contributed by atoms with Crippen LogP contribution in [0, 0.1) is 5.82 Å². The molecule has 0 spiro atoms. The van der Waals surface area contributed by atoms with Crippen LogP contribution >= 0.6 is 0 Å². The van der Waals surface area contributed by atoms with E-state index < -0.39 is 0 Å². The van der Waals surface area contributed by atoms with Crippen LogP contribution in [0.15, 0.2) is 30.9 Å². The van der Waals surface area contributed by atoms with Crippen molar-refractivity contribution >= 4 is 0 Å². The van der Waals surface area contributed by atoms with Gasteiger partial charge in [0.05, 0.1) is 18.2 Å². The molecule has 0 aromatic carbocycles. The average Bonchev–Trinajstić information content (AvgIpc) is 2.85. The number of nitrogens with zero attached hydrogens (tertiary/aromatic N) is 2. The number of imidazole rings is 1. The molecule has 90 valence electrons. The zero-order chi connectivity index (χ0) is 12.1. The fraction of sp³-hybridized carbons (Fsp3) is 0.333. The molecule has 0 aliphatic heterocycles. The number of nitrogens with one attached hydrogen (secondary N) is 2. The van der Waals surface area contributed by atoms with Crippen LogP contribution in [0.1, 0.15) is 30.8 Å². The number of aromatic nitrogens is 3. The minimum Gasteiger partial charge on any atom is -0.347 e. The van der Waals surface area contributed by atoms with Crippen molar-refractivity contribution in [2.24, 2.45) is 0 Å². The summed E-state index contributed by atoms with van der Waals surface area (Å²) in [6, 6.07) is 3.27. The Morgan fingerprint density at radius 3 is 2.88 bits per heavy atom. The average molecular weight is 234 g/mol. The lowest BCUT2D eigenvalue weighted by molar-refractivity contribution is 0.500. The van der Waals surface area contributed by atoms with Crippen LogP contribution in [0.25, 0.3) is 0 Å². The van der Waals surface area contributed by atoms with Crippen LogP contribution in [0.3, 0.4) is 0 Å². The summed E-state index contributed by atoms with van der Waals surface area (Å²) >= 11 is 0. The lowest BCUT2D eigenvalue weighted by atomic mass is 10.1. The van der Waals surface area contributed by atoms with Crippen LogP contribution < -0.4 is 5.32 Å². The van der Waals surface area contributed by atoms with E-state index in [-0.39, 0.29) is 11.9 Å². The first-order valence-corrected chi connectivity index (χ1v) is 5.61. The Bertz CT molecular complexity index is 438. The van der Waals surface area contributed by atoms with Crippen molar-refractivity contribution in [2.75, 3.05) is 0 Å². The first-order valence-electron chi connectivity index (χ1n) is 5.61. The summed E-state index contributed by atoms with van der Waals surface area (Å²) in [4.78, 5) is 11.1. The molecule has 0 saturated heterocycles. The number of hydrogen-bond acceptors (Lipinski definition) is 3. The summed E-state index contributed by atoms with van der Waals surface area (Å²) in [7, 11) is 0. The van der Waals surface area contributed by atoms with E-state index >= 15 is 0 Å². The first kappa shape index (κ1) is 11.7. The van der Waals surface area contributed by atoms with Gasteiger partial charge in [0.25, 0.3) is 0 Å². The van der Waals surface area contributed by atoms with Crippen molar-refractivity contribution in [1.82, 2.24) is 20.3 Å². The molecule has 1 unspecified atom stereocenters. The van der Waals surface area contributed by atoms with Crippen LogP contribution in [-0.2, 0) is 6.54 Å². The smallest absolute Gasteiger partial charge is 0.141 e. The van der Waals surface area contributed by atoms with Gasteiger partial charge in [-0.2, -0.15) is 0 Å². The second-order valence-electron chi connectivity index (χ2n) is 3.82. The molecule has 5 heteroatoms. The van der Waals surface area contributed by atoms with Gasteiger partial charge >= 0.3 is 0 Å². The lowest BCUT2D eigenvalue weighted by Crippen LogP contribution is -2.21. The zero-order valence-corrected chi connectivity index (χ0v) is 9.65. The molecule has 0 bridgehead atoms. The van der Waals surface area contributed by atoms with E-state index in [0.717, 1.165) is 17.8 Å². The van der Waals surface area contributed by atoms with Gasteiger partial charge in [-0.1, -0.05) is 6.92 Å². The summed E-state index contributed by atoms with van der Waals surface area (Å²) in [6.07, 6.45) is 5.56. The topological polar surface area (TPSA) is 53.6 Å². The fourth-order valence-corrected chi connectivity index (χ4v) is 1.67. The van der Waals surface area contributed by atoms with Crippen LogP contribution in [0.2, 0.25) is 0 Å². The van der Waals surface area contributed by atoms with Gasteiger partial charge in [0.1, 0.15) is 5.82 Å². The third-order valence-electron chi connectivity index (χ3n) is 2.61. The van der Waals surface area contributed by atoms with E-state index in [1.807, 2.05) is 0 Å². The summed E-state index contributed by atoms with van der Waals surface area (Å²) < 4.78 is 12.8. The monoisotopic (exact) mass is 234 g/mol. The van der Waals surface area contributed by atoms with Gasteiger partial charge in [0.15, 0.2) is 0 Å². The third-order valence-corrected chi connectivity index (χ3v) is 2.61. The van der Waals surface area contributed by atoms with E-state index in [4.69, 9.17) is 0 Å². The van der Waals surface area contributed by atoms with Gasteiger partial charge in [-0.25, -0.2) is 9.37 Å². The van der Waals surface area contributed by atoms with Gasteiger partial charge in [0, 0.05) is 24.5 Å². The van der Waals surface area contributed by atoms with Crippen LogP contribution in [0.5, 0.6) is 0 Å². The van der Waals surface area contributed by atoms with Gasteiger partial charge in [0.2, 0.25) is 0 Å². The molecular formula is C12H15FN4. The van der Waals surface area contributed by atoms with E-state index in [1.165, 1.54) is 12.3 Å². The Kier molecular flexibility index (Phi) is 3.82. The molecule has 0 amide bonds. The Labute approximate surface area is 99.3 Å². The SMILES string of the molecule is CCC(NCc1cnc[nH]1)c1ccc(F)cn1. The molecule has 2 aromatic heterocycles. The van der Waals surface area contributed by atoms with Crippen molar-refractivity contribution in [3.8, 4) is 0 Å². The van der Waals surface area contributed by atoms with Gasteiger partial charge in [-0.15, -0.1) is 0 Å². The molecule has 0 aliphatic rings. The maximum absolute atomic E-state index is 12.8. The largest absolute Gasteiger partial charge is 0.347 e. The van der Waals surface area contributed by atoms with Gasteiger partial charge in [-0.05, 0) is 18.6 Å². The highest BCUT2D eigenvalue weighted by Gasteiger charge is 2.10. The number of pyridine rings is 1. The van der Waals surface area contributed by atoms with E-state index in [9.17, 15) is 4.39 Å². The predicted molar refractivity (Wildman–Crippen MR) is 62.7 cm³/mol. The van der Waals surface area contributed by atoms with Crippen molar-refractivity contribution < 1.29 is 4.39 Å². The molecule has 17 heavy (non-hydrogen) atoms. The van der Waals surface area contributed by atoms with Crippen molar-refractivity contribution in [3.05, 3.63) is 48.1 Å². The minimum atomic E-state index is -0.308. The molecule has 1 atom stereocenters. The minimum absolute atomic E-state index is 0.124. The molecule has 4 nitrogen and oxygen atoms in total. The fourth-order valence-electron chi connectivity index (χ4n) is 1.67. The van der Waals surface area contributed by atoms with Gasteiger partial charge < -0.3 is 10.3 Å². The Hall–Kier alpha value is -1.75. The summed E-state index contributed by atoms with van der Waals surface area (Å²) in [5.74, 6) is -0.308. The van der Waals surface area contributed by atoms with E-state index in [0.29, 0.717) is 6.54 Å². The Balaban J connectivity index is 1.99. The number of H-pyrrole nitrogens is 1. The molecule has 0 saturated carbocycles. The standard InChI is InChI=1S/C12H15FN4/c1-2-11(12-4-3-9(13)5-15-12)16-7-10-6-14-8-17-10/h3-6,8,11,16H,2,7H2,1H3,(H,14,17). The highest BCUT2D eigenvalue weighted by molar-refractivity contribution is 5.10. The maximum Gasteiger partial charge on any atom is 0.141 e. The molecule has 2 N–H and O–H groups in total. The maximum atomic E-state index is 12.8. The normalized spacial score (nSPS) is 12.6. The number of halogens is 1. The van der Waals surface area contributed by atoms with Crippen LogP contribution in [0.4, 0.5) is 4.39 Å². The van der Waals surface area contributed by atoms with E-state index in [2.05, 4.69) is 27.2 Å². The predicted octanol–water partition coefficient (Wildman–Crippen LogP) is 2.18. The van der Waals surface area contributed by atoms with Crippen molar-refractivity contribution in [1.29, 1.82) is 0 Å². The summed E-state index contributed by atoms with van der Waals surface area (Å²) in [5.41, 5.74) is 1.87. The lowest BCUT2D eigenvalue weighted by Gasteiger charge is -2.15. The quantitative estimate of drug-likeness (QED) is 0.833. The zero-order valence-electron chi connectivity index (χ0n) is 9.65. The second-order valence-corrected chi connectivity index (χ2v) is 3.82. The molecule has 2 heterocycles. The molecule has 2 aromatic rings. The van der Waals surface area contributed by atoms with Crippen LogP contribution in [-0.4, -0.2) is 15.0 Å². The highest BCUT2D eigenvalue weighted by Crippen LogP contribution is 2.14. The Morgan fingerprint density at radius 2 is 2.29 bits per heavy atom. The number of rotatable bonds is 5. The number of hydrogen-bond donors (Lipinski definition) is 2. The molecule has 2 rings (SSSR count). The summed E-state index contributed by atoms with van der Waals surface area (Å²) in [5, 5.41) is 3.35. The van der Waals surface area contributed by atoms with E-state index in [1.54, 1.807) is 18.6 Å². The molecule has 0 radical (unpaired) electrons. The molecular weight excluding hydrogens is 219 g/mol. The molecule has 0 aliphatic carbocycles. The summed E-state index contributed by atoms with van der Waals surface area (Å²) in [6.45, 7) is 2.76. The van der Waals surface area contributed by atoms with Crippen molar-refractivity contribution in [2.45, 2.75) is 25.9 Å².